The van der Waals surface area contributed by atoms with E-state index in [1.54, 1.807) is 0 Å². The van der Waals surface area contributed by atoms with Gasteiger partial charge in [0.15, 0.2) is 0 Å². The number of carbonyl (C=O) groups is 1. The second kappa shape index (κ2) is 8.22. The van der Waals surface area contributed by atoms with Crippen LogP contribution in [-0.2, 0) is 20.9 Å². The van der Waals surface area contributed by atoms with Crippen LogP contribution in [0, 0.1) is 0 Å². The van der Waals surface area contributed by atoms with Crippen molar-refractivity contribution in [3.63, 3.8) is 0 Å². The monoisotopic (exact) mass is 284 g/mol. The predicted octanol–water partition coefficient (Wildman–Crippen LogP) is 3.90. The van der Waals surface area contributed by atoms with Crippen molar-refractivity contribution in [3.05, 3.63) is 71.8 Å². The van der Waals surface area contributed by atoms with Gasteiger partial charge in [-0.25, -0.2) is 0 Å². The number of rotatable bonds is 7. The minimum Gasteiger partial charge on any atom is -0.461 e. The molecule has 0 fully saturated rings. The highest BCUT2D eigenvalue weighted by Gasteiger charge is 2.17. The molecule has 2 rings (SSSR count). The molecule has 0 saturated carbocycles. The zero-order chi connectivity index (χ0) is 14.9. The van der Waals surface area contributed by atoms with Gasteiger partial charge in [-0.3, -0.25) is 4.79 Å². The molecule has 0 amide bonds. The predicted molar refractivity (Wildman–Crippen MR) is 81.7 cm³/mol. The summed E-state index contributed by atoms with van der Waals surface area (Å²) in [5.41, 5.74) is 1.98. The second-order valence-electron chi connectivity index (χ2n) is 4.71. The summed E-state index contributed by atoms with van der Waals surface area (Å²) < 4.78 is 11.0. The standard InChI is InChI=1S/C18H20O3/c1-2-20-17(16-11-7-4-8-12-16)13-18(19)21-14-15-9-5-3-6-10-15/h3-12,17H,2,13-14H2,1H3. The minimum absolute atomic E-state index is 0.227. The Bertz CT molecular complexity index is 537. The number of carbonyl (C=O) groups excluding carboxylic acids is 1. The zero-order valence-corrected chi connectivity index (χ0v) is 12.2. The second-order valence-corrected chi connectivity index (χ2v) is 4.71. The molecule has 0 aliphatic carbocycles. The maximum atomic E-state index is 12.0. The molecule has 0 bridgehead atoms. The summed E-state index contributed by atoms with van der Waals surface area (Å²) in [4.78, 5) is 12.0. The third-order valence-electron chi connectivity index (χ3n) is 3.13. The Labute approximate surface area is 125 Å². The molecule has 0 aliphatic heterocycles. The van der Waals surface area contributed by atoms with Crippen LogP contribution in [0.4, 0.5) is 0 Å². The first-order chi connectivity index (χ1) is 10.3. The van der Waals surface area contributed by atoms with Crippen molar-refractivity contribution >= 4 is 5.97 Å². The van der Waals surface area contributed by atoms with E-state index in [4.69, 9.17) is 9.47 Å². The average Bonchev–Trinajstić information content (AvgIpc) is 2.54. The van der Waals surface area contributed by atoms with Crippen LogP contribution in [0.25, 0.3) is 0 Å². The average molecular weight is 284 g/mol. The van der Waals surface area contributed by atoms with Crippen molar-refractivity contribution in [3.8, 4) is 0 Å². The summed E-state index contributed by atoms with van der Waals surface area (Å²) >= 11 is 0. The van der Waals surface area contributed by atoms with E-state index >= 15 is 0 Å². The van der Waals surface area contributed by atoms with Crippen LogP contribution in [0.1, 0.15) is 30.6 Å². The van der Waals surface area contributed by atoms with Gasteiger partial charge in [0.25, 0.3) is 0 Å². The van der Waals surface area contributed by atoms with Crippen molar-refractivity contribution in [1.29, 1.82) is 0 Å². The van der Waals surface area contributed by atoms with E-state index < -0.39 is 0 Å². The minimum atomic E-state index is -0.250. The largest absolute Gasteiger partial charge is 0.461 e. The quantitative estimate of drug-likeness (QED) is 0.723. The molecular weight excluding hydrogens is 264 g/mol. The topological polar surface area (TPSA) is 35.5 Å². The molecule has 1 atom stereocenters. The normalized spacial score (nSPS) is 11.9. The van der Waals surface area contributed by atoms with Crippen LogP contribution in [0.3, 0.4) is 0 Å². The van der Waals surface area contributed by atoms with Gasteiger partial charge in [-0.1, -0.05) is 60.7 Å². The summed E-state index contributed by atoms with van der Waals surface area (Å²) in [5, 5.41) is 0. The Morgan fingerprint density at radius 3 is 2.24 bits per heavy atom. The van der Waals surface area contributed by atoms with E-state index in [9.17, 15) is 4.79 Å². The lowest BCUT2D eigenvalue weighted by molar-refractivity contribution is -0.148. The molecule has 0 spiro atoms. The third-order valence-corrected chi connectivity index (χ3v) is 3.13. The molecule has 0 N–H and O–H groups in total. The Kier molecular flexibility index (Phi) is 5.98. The van der Waals surface area contributed by atoms with Gasteiger partial charge in [0.1, 0.15) is 6.61 Å². The number of ether oxygens (including phenoxy) is 2. The highest BCUT2D eigenvalue weighted by atomic mass is 16.5. The van der Waals surface area contributed by atoms with Crippen LogP contribution < -0.4 is 0 Å². The molecule has 0 aliphatic rings. The number of esters is 1. The first-order valence-electron chi connectivity index (χ1n) is 7.15. The fraction of sp³-hybridized carbons (Fsp3) is 0.278. The van der Waals surface area contributed by atoms with E-state index in [1.807, 2.05) is 67.6 Å². The Hall–Kier alpha value is -2.13. The van der Waals surface area contributed by atoms with Crippen molar-refractivity contribution < 1.29 is 14.3 Å². The zero-order valence-electron chi connectivity index (χ0n) is 12.2. The van der Waals surface area contributed by atoms with Gasteiger partial charge in [0.2, 0.25) is 0 Å². The molecule has 110 valence electrons. The van der Waals surface area contributed by atoms with Crippen molar-refractivity contribution in [2.24, 2.45) is 0 Å². The molecule has 2 aromatic rings. The van der Waals surface area contributed by atoms with E-state index in [2.05, 4.69) is 0 Å². The number of hydrogen-bond acceptors (Lipinski definition) is 3. The van der Waals surface area contributed by atoms with Crippen molar-refractivity contribution in [1.82, 2.24) is 0 Å². The van der Waals surface area contributed by atoms with E-state index in [-0.39, 0.29) is 18.5 Å². The molecule has 0 radical (unpaired) electrons. The van der Waals surface area contributed by atoms with Gasteiger partial charge in [-0.15, -0.1) is 0 Å². The Balaban J connectivity index is 1.89. The number of benzene rings is 2. The SMILES string of the molecule is CCOC(CC(=O)OCc1ccccc1)c1ccccc1. The maximum Gasteiger partial charge on any atom is 0.309 e. The fourth-order valence-electron chi connectivity index (χ4n) is 2.09. The van der Waals surface area contributed by atoms with Crippen molar-refractivity contribution in [2.45, 2.75) is 26.1 Å². The summed E-state index contributed by atoms with van der Waals surface area (Å²) in [6, 6.07) is 19.4. The molecule has 0 heterocycles. The molecule has 21 heavy (non-hydrogen) atoms. The van der Waals surface area contributed by atoms with Gasteiger partial charge in [-0.2, -0.15) is 0 Å². The van der Waals surface area contributed by atoms with Crippen LogP contribution in [0.5, 0.6) is 0 Å². The highest BCUT2D eigenvalue weighted by Crippen LogP contribution is 2.21. The first-order valence-corrected chi connectivity index (χ1v) is 7.15. The van der Waals surface area contributed by atoms with Gasteiger partial charge < -0.3 is 9.47 Å². The summed E-state index contributed by atoms with van der Waals surface area (Å²) in [6.07, 6.45) is -0.0236. The van der Waals surface area contributed by atoms with E-state index in [0.717, 1.165) is 11.1 Å². The molecule has 3 heteroatoms. The van der Waals surface area contributed by atoms with Crippen molar-refractivity contribution in [2.75, 3.05) is 6.61 Å². The maximum absolute atomic E-state index is 12.0. The molecule has 2 aromatic carbocycles. The molecule has 3 nitrogen and oxygen atoms in total. The summed E-state index contributed by atoms with van der Waals surface area (Å²) in [6.45, 7) is 2.78. The van der Waals surface area contributed by atoms with Crippen LogP contribution in [-0.4, -0.2) is 12.6 Å². The Morgan fingerprint density at radius 1 is 1.00 bits per heavy atom. The van der Waals surface area contributed by atoms with Crippen LogP contribution >= 0.6 is 0 Å². The highest BCUT2D eigenvalue weighted by molar-refractivity contribution is 5.70. The van der Waals surface area contributed by atoms with E-state index in [0.29, 0.717) is 13.2 Å². The number of hydrogen-bond donors (Lipinski definition) is 0. The lowest BCUT2D eigenvalue weighted by Crippen LogP contribution is -2.13. The van der Waals surface area contributed by atoms with Gasteiger partial charge in [-0.05, 0) is 18.1 Å². The molecule has 0 aromatic heterocycles. The molecule has 0 saturated heterocycles. The lowest BCUT2D eigenvalue weighted by Gasteiger charge is -2.16. The summed E-state index contributed by atoms with van der Waals surface area (Å²) in [5.74, 6) is -0.249. The molecular formula is C18H20O3. The van der Waals surface area contributed by atoms with Gasteiger partial charge >= 0.3 is 5.97 Å². The van der Waals surface area contributed by atoms with Crippen LogP contribution in [0.2, 0.25) is 0 Å². The van der Waals surface area contributed by atoms with Gasteiger partial charge in [0, 0.05) is 6.61 Å². The first kappa shape index (κ1) is 15.3. The van der Waals surface area contributed by atoms with Gasteiger partial charge in [0.05, 0.1) is 12.5 Å². The Morgan fingerprint density at radius 2 is 1.62 bits per heavy atom. The smallest absolute Gasteiger partial charge is 0.309 e. The lowest BCUT2D eigenvalue weighted by atomic mass is 10.1. The van der Waals surface area contributed by atoms with Crippen LogP contribution in [0.15, 0.2) is 60.7 Å². The molecule has 1 unspecified atom stereocenters. The fourth-order valence-corrected chi connectivity index (χ4v) is 2.09. The summed E-state index contributed by atoms with van der Waals surface area (Å²) in [7, 11) is 0. The van der Waals surface area contributed by atoms with E-state index in [1.165, 1.54) is 0 Å². The third kappa shape index (κ3) is 5.04.